The van der Waals surface area contributed by atoms with E-state index in [4.69, 9.17) is 19.2 Å². The van der Waals surface area contributed by atoms with Crippen LogP contribution >= 0.6 is 0 Å². The molecule has 31 heavy (non-hydrogen) atoms. The summed E-state index contributed by atoms with van der Waals surface area (Å²) in [5.41, 5.74) is 1.34. The summed E-state index contributed by atoms with van der Waals surface area (Å²) in [6.45, 7) is 3.45. The van der Waals surface area contributed by atoms with E-state index in [0.717, 1.165) is 0 Å². The summed E-state index contributed by atoms with van der Waals surface area (Å²) >= 11 is 0. The number of anilines is 1. The fourth-order valence-corrected chi connectivity index (χ4v) is 3.32. The van der Waals surface area contributed by atoms with Crippen LogP contribution in [0.4, 0.5) is 5.69 Å². The molecule has 0 unspecified atom stereocenters. The minimum absolute atomic E-state index is 0.0852. The van der Waals surface area contributed by atoms with Gasteiger partial charge in [-0.2, -0.15) is 5.26 Å². The van der Waals surface area contributed by atoms with Crippen LogP contribution in [0.3, 0.4) is 0 Å². The zero-order valence-corrected chi connectivity index (χ0v) is 17.0. The standard InChI is InChI=1S/C23H21N3O5/c1-15(30-17-8-6-16(14-24)7-9-17)22(27)25-20-18-4-2-3-5-19(18)31-21(20)23(28)26-10-12-29-13-11-26/h2-9,15H,10-13H2,1H3,(H,25,27)/t15-/m0/s1. The highest BCUT2D eigenvalue weighted by Gasteiger charge is 2.28. The molecule has 1 atom stereocenters. The van der Waals surface area contributed by atoms with Gasteiger partial charge in [0.05, 0.1) is 24.8 Å². The number of nitrogens with one attached hydrogen (secondary N) is 1. The molecule has 1 aromatic heterocycles. The second-order valence-corrected chi connectivity index (χ2v) is 7.09. The Morgan fingerprint density at radius 2 is 1.84 bits per heavy atom. The number of hydrogen-bond acceptors (Lipinski definition) is 6. The first-order chi connectivity index (χ1) is 15.1. The summed E-state index contributed by atoms with van der Waals surface area (Å²) in [4.78, 5) is 27.6. The van der Waals surface area contributed by atoms with E-state index in [9.17, 15) is 9.59 Å². The van der Waals surface area contributed by atoms with E-state index in [0.29, 0.717) is 54.3 Å². The van der Waals surface area contributed by atoms with Gasteiger partial charge in [0.15, 0.2) is 6.10 Å². The zero-order chi connectivity index (χ0) is 21.8. The van der Waals surface area contributed by atoms with Crippen LogP contribution in [-0.2, 0) is 9.53 Å². The van der Waals surface area contributed by atoms with E-state index in [1.54, 1.807) is 54.3 Å². The van der Waals surface area contributed by atoms with Gasteiger partial charge in [0.1, 0.15) is 17.0 Å². The van der Waals surface area contributed by atoms with Gasteiger partial charge in [-0.1, -0.05) is 12.1 Å². The molecule has 2 aromatic carbocycles. The highest BCUT2D eigenvalue weighted by atomic mass is 16.5. The molecule has 0 radical (unpaired) electrons. The second kappa shape index (κ2) is 8.90. The number of nitrogens with zero attached hydrogens (tertiary/aromatic N) is 2. The minimum Gasteiger partial charge on any atom is -0.481 e. The van der Waals surface area contributed by atoms with E-state index in [1.165, 1.54) is 0 Å². The van der Waals surface area contributed by atoms with Crippen LogP contribution < -0.4 is 10.1 Å². The number of amides is 2. The third-order valence-corrected chi connectivity index (χ3v) is 5.00. The Morgan fingerprint density at radius 1 is 1.13 bits per heavy atom. The Hall–Kier alpha value is -3.83. The number of furan rings is 1. The number of carbonyl (C=O) groups is 2. The molecule has 3 aromatic rings. The van der Waals surface area contributed by atoms with Crippen molar-refractivity contribution in [1.29, 1.82) is 5.26 Å². The molecular formula is C23H21N3O5. The lowest BCUT2D eigenvalue weighted by Crippen LogP contribution is -2.41. The highest BCUT2D eigenvalue weighted by molar-refractivity contribution is 6.11. The highest BCUT2D eigenvalue weighted by Crippen LogP contribution is 2.32. The van der Waals surface area contributed by atoms with Gasteiger partial charge < -0.3 is 24.1 Å². The maximum atomic E-state index is 13.1. The first kappa shape index (κ1) is 20.4. The molecule has 1 N–H and O–H groups in total. The lowest BCUT2D eigenvalue weighted by Gasteiger charge is -2.26. The Balaban J connectivity index is 1.56. The van der Waals surface area contributed by atoms with E-state index in [2.05, 4.69) is 5.32 Å². The predicted molar refractivity (Wildman–Crippen MR) is 113 cm³/mol. The average molecular weight is 419 g/mol. The van der Waals surface area contributed by atoms with Gasteiger partial charge in [-0.3, -0.25) is 9.59 Å². The molecule has 0 bridgehead atoms. The maximum absolute atomic E-state index is 13.1. The number of rotatable bonds is 5. The summed E-state index contributed by atoms with van der Waals surface area (Å²) < 4.78 is 16.8. The Kier molecular flexibility index (Phi) is 5.87. The lowest BCUT2D eigenvalue weighted by molar-refractivity contribution is -0.122. The van der Waals surface area contributed by atoms with Crippen molar-refractivity contribution in [2.24, 2.45) is 0 Å². The Bertz CT molecular complexity index is 1140. The third-order valence-electron chi connectivity index (χ3n) is 5.00. The first-order valence-corrected chi connectivity index (χ1v) is 9.93. The van der Waals surface area contributed by atoms with Crippen molar-refractivity contribution in [3.8, 4) is 11.8 Å². The van der Waals surface area contributed by atoms with Gasteiger partial charge >= 0.3 is 0 Å². The van der Waals surface area contributed by atoms with E-state index < -0.39 is 12.0 Å². The van der Waals surface area contributed by atoms with Crippen LogP contribution in [0.15, 0.2) is 52.9 Å². The molecule has 1 saturated heterocycles. The summed E-state index contributed by atoms with van der Waals surface area (Å²) in [5, 5.41) is 12.3. The number of fused-ring (bicyclic) bond motifs is 1. The molecule has 4 rings (SSSR count). The molecule has 8 nitrogen and oxygen atoms in total. The van der Waals surface area contributed by atoms with E-state index in [1.807, 2.05) is 12.1 Å². The largest absolute Gasteiger partial charge is 0.481 e. The van der Waals surface area contributed by atoms with Crippen LogP contribution in [0.2, 0.25) is 0 Å². The number of para-hydroxylation sites is 1. The molecule has 2 heterocycles. The quantitative estimate of drug-likeness (QED) is 0.681. The Labute approximate surface area is 178 Å². The monoisotopic (exact) mass is 419 g/mol. The summed E-state index contributed by atoms with van der Waals surface area (Å²) in [7, 11) is 0. The van der Waals surface area contributed by atoms with Gasteiger partial charge in [0.2, 0.25) is 5.76 Å². The first-order valence-electron chi connectivity index (χ1n) is 9.93. The summed E-state index contributed by atoms with van der Waals surface area (Å²) in [6.07, 6.45) is -0.840. The molecule has 1 fully saturated rings. The summed E-state index contributed by atoms with van der Waals surface area (Å²) in [5.74, 6) is -0.173. The fourth-order valence-electron chi connectivity index (χ4n) is 3.32. The van der Waals surface area contributed by atoms with Crippen molar-refractivity contribution >= 4 is 28.5 Å². The summed E-state index contributed by atoms with van der Waals surface area (Å²) in [6, 6.07) is 15.7. The number of benzene rings is 2. The van der Waals surface area contributed by atoms with Crippen molar-refractivity contribution in [3.05, 3.63) is 59.9 Å². The number of morpholine rings is 1. The lowest BCUT2D eigenvalue weighted by atomic mass is 10.2. The normalized spacial score (nSPS) is 14.6. The van der Waals surface area contributed by atoms with Crippen LogP contribution in [0.25, 0.3) is 11.0 Å². The van der Waals surface area contributed by atoms with E-state index in [-0.39, 0.29) is 11.7 Å². The van der Waals surface area contributed by atoms with Crippen molar-refractivity contribution in [1.82, 2.24) is 4.90 Å². The molecule has 0 aliphatic carbocycles. The molecular weight excluding hydrogens is 398 g/mol. The molecule has 0 saturated carbocycles. The van der Waals surface area contributed by atoms with E-state index >= 15 is 0 Å². The number of carbonyl (C=O) groups excluding carboxylic acids is 2. The van der Waals surface area contributed by atoms with Crippen molar-refractivity contribution in [2.75, 3.05) is 31.6 Å². The zero-order valence-electron chi connectivity index (χ0n) is 17.0. The van der Waals surface area contributed by atoms with Crippen LogP contribution in [0.5, 0.6) is 5.75 Å². The SMILES string of the molecule is C[C@H](Oc1ccc(C#N)cc1)C(=O)Nc1c(C(=O)N2CCOCC2)oc2ccccc12. The molecule has 0 spiro atoms. The smallest absolute Gasteiger partial charge is 0.291 e. The predicted octanol–water partition coefficient (Wildman–Crippen LogP) is 3.18. The second-order valence-electron chi connectivity index (χ2n) is 7.09. The Morgan fingerprint density at radius 3 is 2.55 bits per heavy atom. The number of nitriles is 1. The third kappa shape index (κ3) is 4.37. The molecule has 1 aliphatic heterocycles. The van der Waals surface area contributed by atoms with Crippen molar-refractivity contribution in [3.63, 3.8) is 0 Å². The van der Waals surface area contributed by atoms with Gasteiger partial charge in [-0.05, 0) is 43.3 Å². The van der Waals surface area contributed by atoms with Gasteiger partial charge in [-0.25, -0.2) is 0 Å². The topological polar surface area (TPSA) is 105 Å². The number of hydrogen-bond donors (Lipinski definition) is 1. The van der Waals surface area contributed by atoms with Crippen LogP contribution in [-0.4, -0.2) is 49.1 Å². The minimum atomic E-state index is -0.840. The van der Waals surface area contributed by atoms with Crippen LogP contribution in [0.1, 0.15) is 23.0 Å². The van der Waals surface area contributed by atoms with Crippen molar-refractivity contribution < 1.29 is 23.5 Å². The van der Waals surface area contributed by atoms with Gasteiger partial charge in [0, 0.05) is 18.5 Å². The van der Waals surface area contributed by atoms with Crippen LogP contribution in [0, 0.1) is 11.3 Å². The molecule has 158 valence electrons. The molecule has 2 amide bonds. The van der Waals surface area contributed by atoms with Crippen molar-refractivity contribution in [2.45, 2.75) is 13.0 Å². The molecule has 1 aliphatic rings. The van der Waals surface area contributed by atoms with Gasteiger partial charge in [0.25, 0.3) is 11.8 Å². The molecule has 8 heteroatoms. The maximum Gasteiger partial charge on any atom is 0.291 e. The number of ether oxygens (including phenoxy) is 2. The fraction of sp³-hybridized carbons (Fsp3) is 0.261. The van der Waals surface area contributed by atoms with Gasteiger partial charge in [-0.15, -0.1) is 0 Å². The average Bonchev–Trinajstić information content (AvgIpc) is 3.18.